The van der Waals surface area contributed by atoms with Crippen molar-refractivity contribution in [3.05, 3.63) is 112 Å². The number of benzene rings is 2. The van der Waals surface area contributed by atoms with Gasteiger partial charge in [-0.2, -0.15) is 0 Å². The highest BCUT2D eigenvalue weighted by atomic mass is 19.1. The van der Waals surface area contributed by atoms with Crippen LogP contribution in [0.3, 0.4) is 0 Å². The van der Waals surface area contributed by atoms with Gasteiger partial charge in [-0.05, 0) is 51.3 Å². The molecule has 2 heterocycles. The average Bonchev–Trinajstić information content (AvgIpc) is 3.28. The maximum Gasteiger partial charge on any atom is 0.277 e. The number of hydrogen-bond acceptors (Lipinski definition) is 4. The van der Waals surface area contributed by atoms with Crippen molar-refractivity contribution in [1.82, 2.24) is 9.55 Å². The molecule has 1 unspecified atom stereocenters. The summed E-state index contributed by atoms with van der Waals surface area (Å²) < 4.78 is 36.8. The predicted octanol–water partition coefficient (Wildman–Crippen LogP) is 9.03. The van der Waals surface area contributed by atoms with Gasteiger partial charge in [0.2, 0.25) is 0 Å². The first kappa shape index (κ1) is 28.7. The van der Waals surface area contributed by atoms with E-state index in [4.69, 9.17) is 4.42 Å². The van der Waals surface area contributed by atoms with E-state index in [0.717, 1.165) is 30.0 Å². The summed E-state index contributed by atoms with van der Waals surface area (Å²) in [5.74, 6) is -0.939. The van der Waals surface area contributed by atoms with Crippen LogP contribution in [-0.4, -0.2) is 9.55 Å². The van der Waals surface area contributed by atoms with Crippen LogP contribution in [-0.2, 0) is 6.54 Å². The fraction of sp³-hybridized carbons (Fsp3) is 0.273. The normalized spacial score (nSPS) is 14.2. The first-order valence-corrected chi connectivity index (χ1v) is 13.7. The molecule has 2 aromatic carbocycles. The van der Waals surface area contributed by atoms with Crippen LogP contribution in [0, 0.1) is 5.82 Å². The minimum absolute atomic E-state index is 0.134. The molecule has 0 aliphatic heterocycles. The van der Waals surface area contributed by atoms with E-state index in [2.05, 4.69) is 16.9 Å². The fourth-order valence-electron chi connectivity index (χ4n) is 4.67. The Morgan fingerprint density at radius 2 is 1.95 bits per heavy atom. The average molecular weight is 544 g/mol. The standard InChI is InChI=1S/C31H29F2N3O2.C2H6/c1-4-5-11-22(19(2)32)30-34-18-27(31(37)36(30)15-14-21-9-8-10-21)35-20(3)24-16-25-23-12-6-7-13-28(23)38-29(25)17-26(24)33;1-2/h4-7,11-14,16-18,20,35H,2,8-10,15H2,1,3H3;1-2H3/b5-4-,22-11+;. The highest BCUT2D eigenvalue weighted by Gasteiger charge is 2.20. The van der Waals surface area contributed by atoms with E-state index >= 15 is 4.39 Å². The lowest BCUT2D eigenvalue weighted by molar-refractivity contribution is 0.594. The molecule has 1 aliphatic carbocycles. The number of hydrogen-bond donors (Lipinski definition) is 1. The molecule has 1 saturated carbocycles. The Bertz CT molecular complexity index is 1690. The molecule has 1 fully saturated rings. The molecular formula is C33H35F2N3O2. The molecule has 0 spiro atoms. The second kappa shape index (κ2) is 12.7. The minimum atomic E-state index is -0.683. The summed E-state index contributed by atoms with van der Waals surface area (Å²) >= 11 is 0. The van der Waals surface area contributed by atoms with Gasteiger partial charge in [-0.3, -0.25) is 9.36 Å². The maximum atomic E-state index is 15.1. The lowest BCUT2D eigenvalue weighted by Gasteiger charge is -2.20. The van der Waals surface area contributed by atoms with Crippen molar-refractivity contribution in [2.45, 2.75) is 59.5 Å². The molecule has 4 aromatic rings. The third kappa shape index (κ3) is 5.83. The molecule has 5 nitrogen and oxygen atoms in total. The van der Waals surface area contributed by atoms with Crippen molar-refractivity contribution in [3.8, 4) is 0 Å². The lowest BCUT2D eigenvalue weighted by atomic mass is 9.92. The molecule has 0 bridgehead atoms. The highest BCUT2D eigenvalue weighted by Crippen LogP contribution is 2.33. The summed E-state index contributed by atoms with van der Waals surface area (Å²) in [6.07, 6.45) is 11.5. The van der Waals surface area contributed by atoms with Crippen LogP contribution in [0.2, 0.25) is 0 Å². The number of halogens is 2. The Labute approximate surface area is 233 Å². The van der Waals surface area contributed by atoms with Gasteiger partial charge < -0.3 is 9.73 Å². The van der Waals surface area contributed by atoms with Gasteiger partial charge in [0.25, 0.3) is 5.56 Å². The smallest absolute Gasteiger partial charge is 0.277 e. The van der Waals surface area contributed by atoms with Crippen molar-refractivity contribution in [2.75, 3.05) is 5.32 Å². The number of furan rings is 1. The van der Waals surface area contributed by atoms with E-state index in [0.29, 0.717) is 16.7 Å². The van der Waals surface area contributed by atoms with Crippen LogP contribution < -0.4 is 10.9 Å². The zero-order valence-electron chi connectivity index (χ0n) is 23.4. The molecular weight excluding hydrogens is 508 g/mol. The van der Waals surface area contributed by atoms with Crippen LogP contribution in [0.25, 0.3) is 27.5 Å². The van der Waals surface area contributed by atoms with E-state index < -0.39 is 17.7 Å². The van der Waals surface area contributed by atoms with Crippen LogP contribution in [0.15, 0.2) is 94.1 Å². The number of nitrogens with one attached hydrogen (secondary N) is 1. The first-order valence-electron chi connectivity index (χ1n) is 13.7. The van der Waals surface area contributed by atoms with Crippen molar-refractivity contribution >= 4 is 33.2 Å². The summed E-state index contributed by atoms with van der Waals surface area (Å²) in [5, 5.41) is 4.81. The number of fused-ring (bicyclic) bond motifs is 3. The molecule has 7 heteroatoms. The quantitative estimate of drug-likeness (QED) is 0.178. The van der Waals surface area contributed by atoms with Gasteiger partial charge in [-0.25, -0.2) is 13.8 Å². The van der Waals surface area contributed by atoms with Gasteiger partial charge >= 0.3 is 0 Å². The van der Waals surface area contributed by atoms with E-state index in [1.807, 2.05) is 51.1 Å². The molecule has 40 heavy (non-hydrogen) atoms. The van der Waals surface area contributed by atoms with Gasteiger partial charge in [0.15, 0.2) is 0 Å². The van der Waals surface area contributed by atoms with Crippen LogP contribution in [0.5, 0.6) is 0 Å². The van der Waals surface area contributed by atoms with Crippen molar-refractivity contribution < 1.29 is 13.2 Å². The third-order valence-corrected chi connectivity index (χ3v) is 6.93. The second-order valence-electron chi connectivity index (χ2n) is 9.47. The topological polar surface area (TPSA) is 60.1 Å². The molecule has 2 aromatic heterocycles. The molecule has 0 amide bonds. The number of para-hydroxylation sites is 1. The molecule has 1 atom stereocenters. The van der Waals surface area contributed by atoms with E-state index in [1.54, 1.807) is 31.2 Å². The Balaban J connectivity index is 0.00000181. The molecule has 5 rings (SSSR count). The van der Waals surface area contributed by atoms with Crippen molar-refractivity contribution in [1.29, 1.82) is 0 Å². The molecule has 1 aliphatic rings. The summed E-state index contributed by atoms with van der Waals surface area (Å²) in [7, 11) is 0. The Morgan fingerprint density at radius 3 is 2.62 bits per heavy atom. The summed E-state index contributed by atoms with van der Waals surface area (Å²) in [4.78, 5) is 18.1. The van der Waals surface area contributed by atoms with Crippen molar-refractivity contribution in [2.24, 2.45) is 0 Å². The van der Waals surface area contributed by atoms with Gasteiger partial charge in [0.1, 0.15) is 34.3 Å². The Kier molecular flexibility index (Phi) is 9.15. The number of nitrogens with zero attached hydrogens (tertiary/aromatic N) is 2. The van der Waals surface area contributed by atoms with Crippen LogP contribution in [0.4, 0.5) is 14.5 Å². The van der Waals surface area contributed by atoms with Crippen molar-refractivity contribution in [3.63, 3.8) is 0 Å². The lowest BCUT2D eigenvalue weighted by Crippen LogP contribution is -2.28. The minimum Gasteiger partial charge on any atom is -0.456 e. The van der Waals surface area contributed by atoms with Gasteiger partial charge in [-0.1, -0.05) is 62.4 Å². The Morgan fingerprint density at radius 1 is 1.20 bits per heavy atom. The molecule has 0 radical (unpaired) electrons. The van der Waals surface area contributed by atoms with E-state index in [1.165, 1.54) is 22.4 Å². The van der Waals surface area contributed by atoms with Gasteiger partial charge in [0.05, 0.1) is 17.8 Å². The number of aromatic nitrogens is 2. The number of allylic oxidation sites excluding steroid dienone is 7. The molecule has 208 valence electrons. The first-order chi connectivity index (χ1) is 19.4. The van der Waals surface area contributed by atoms with E-state index in [-0.39, 0.29) is 29.2 Å². The molecule has 0 saturated heterocycles. The monoisotopic (exact) mass is 543 g/mol. The summed E-state index contributed by atoms with van der Waals surface area (Å²) in [5.41, 5.74) is 2.75. The Hall–Kier alpha value is -4.26. The summed E-state index contributed by atoms with van der Waals surface area (Å²) in [6, 6.07) is 10.1. The van der Waals surface area contributed by atoms with Crippen LogP contribution in [0.1, 0.15) is 64.4 Å². The predicted molar refractivity (Wildman–Crippen MR) is 161 cm³/mol. The van der Waals surface area contributed by atoms with E-state index in [9.17, 15) is 9.18 Å². The third-order valence-electron chi connectivity index (χ3n) is 6.93. The summed E-state index contributed by atoms with van der Waals surface area (Å²) in [6.45, 7) is 11.3. The van der Waals surface area contributed by atoms with Gasteiger partial charge in [-0.15, -0.1) is 0 Å². The largest absolute Gasteiger partial charge is 0.456 e. The van der Waals surface area contributed by atoms with Gasteiger partial charge in [0, 0.05) is 28.9 Å². The van der Waals surface area contributed by atoms with Crippen LogP contribution >= 0.6 is 0 Å². The number of rotatable bonds is 8. The number of anilines is 1. The SMILES string of the molecule is C=C(F)/C(=C\C=C/C)c1ncc(NC(C)c2cc3c(cc2F)oc2ccccc23)c(=O)n1CC=C1CCC1.CC. The zero-order chi connectivity index (χ0) is 28.8. The fourth-order valence-corrected chi connectivity index (χ4v) is 4.67. The second-order valence-corrected chi connectivity index (χ2v) is 9.47. The highest BCUT2D eigenvalue weighted by molar-refractivity contribution is 6.05. The molecule has 1 N–H and O–H groups in total. The maximum absolute atomic E-state index is 15.1. The zero-order valence-corrected chi connectivity index (χ0v) is 23.4.